The van der Waals surface area contributed by atoms with Gasteiger partial charge in [0.2, 0.25) is 9.84 Å². The third-order valence-electron chi connectivity index (χ3n) is 2.88. The third-order valence-corrected chi connectivity index (χ3v) is 4.28. The van der Waals surface area contributed by atoms with Crippen LogP contribution in [0.4, 0.5) is 13.6 Å². The number of halogens is 2. The van der Waals surface area contributed by atoms with E-state index in [1.54, 1.807) is 6.92 Å². The van der Waals surface area contributed by atoms with Crippen LogP contribution in [0.3, 0.4) is 0 Å². The monoisotopic (exact) mass is 378 g/mol. The number of rotatable bonds is 6. The normalized spacial score (nSPS) is 12.4. The number of carbonyl (C=O) groups excluding carboxylic acids is 3. The number of hydrogen-bond donors (Lipinski definition) is 2. The molecular formula is C14H16F2N2O6S. The maximum absolute atomic E-state index is 12.4. The van der Waals surface area contributed by atoms with E-state index in [0.717, 1.165) is 24.3 Å². The Morgan fingerprint density at radius 3 is 2.20 bits per heavy atom. The van der Waals surface area contributed by atoms with Gasteiger partial charge >= 0.3 is 17.8 Å². The SMILES string of the molecule is CCNC(=O)NC(=O)[C@H](C)OC(=O)c1ccc(S(=O)(=O)C(F)F)cc1. The molecule has 0 saturated heterocycles. The van der Waals surface area contributed by atoms with Crippen molar-refractivity contribution in [1.29, 1.82) is 0 Å². The number of esters is 1. The topological polar surface area (TPSA) is 119 Å². The minimum absolute atomic E-state index is 0.147. The van der Waals surface area contributed by atoms with Gasteiger partial charge in [-0.25, -0.2) is 18.0 Å². The smallest absolute Gasteiger partial charge is 0.341 e. The first-order chi connectivity index (χ1) is 11.6. The predicted molar refractivity (Wildman–Crippen MR) is 81.7 cm³/mol. The van der Waals surface area contributed by atoms with Crippen LogP contribution in [-0.2, 0) is 19.4 Å². The summed E-state index contributed by atoms with van der Waals surface area (Å²) in [7, 11) is -4.77. The zero-order valence-corrected chi connectivity index (χ0v) is 14.1. The largest absolute Gasteiger partial charge is 0.449 e. The fraction of sp³-hybridized carbons (Fsp3) is 0.357. The molecule has 8 nitrogen and oxygen atoms in total. The number of ether oxygens (including phenoxy) is 1. The molecule has 0 bridgehead atoms. The zero-order valence-electron chi connectivity index (χ0n) is 13.3. The molecule has 0 fully saturated rings. The number of carbonyl (C=O) groups is 3. The van der Waals surface area contributed by atoms with E-state index in [9.17, 15) is 31.6 Å². The lowest BCUT2D eigenvalue weighted by atomic mass is 10.2. The summed E-state index contributed by atoms with van der Waals surface area (Å²) in [6, 6.07) is 2.87. The van der Waals surface area contributed by atoms with Gasteiger partial charge < -0.3 is 10.1 Å². The molecule has 0 heterocycles. The van der Waals surface area contributed by atoms with Gasteiger partial charge in [0, 0.05) is 6.54 Å². The van der Waals surface area contributed by atoms with Crippen molar-refractivity contribution in [1.82, 2.24) is 10.6 Å². The van der Waals surface area contributed by atoms with Gasteiger partial charge in [-0.15, -0.1) is 0 Å². The van der Waals surface area contributed by atoms with Crippen LogP contribution in [0.25, 0.3) is 0 Å². The van der Waals surface area contributed by atoms with Gasteiger partial charge in [-0.2, -0.15) is 8.78 Å². The van der Waals surface area contributed by atoms with Crippen LogP contribution in [0.5, 0.6) is 0 Å². The van der Waals surface area contributed by atoms with Gasteiger partial charge in [0.25, 0.3) is 5.91 Å². The Balaban J connectivity index is 2.75. The molecular weight excluding hydrogens is 362 g/mol. The van der Waals surface area contributed by atoms with Crippen molar-refractivity contribution in [2.24, 2.45) is 0 Å². The van der Waals surface area contributed by atoms with Crippen LogP contribution in [0.2, 0.25) is 0 Å². The minimum Gasteiger partial charge on any atom is -0.449 e. The van der Waals surface area contributed by atoms with Crippen molar-refractivity contribution in [3.63, 3.8) is 0 Å². The molecule has 0 aliphatic rings. The molecule has 11 heteroatoms. The summed E-state index contributed by atoms with van der Waals surface area (Å²) < 4.78 is 52.2. The number of hydrogen-bond acceptors (Lipinski definition) is 6. The lowest BCUT2D eigenvalue weighted by Crippen LogP contribution is -2.44. The van der Waals surface area contributed by atoms with Crippen molar-refractivity contribution >= 4 is 27.7 Å². The Labute approximate surface area is 142 Å². The number of imide groups is 1. The number of nitrogens with one attached hydrogen (secondary N) is 2. The van der Waals surface area contributed by atoms with Crippen LogP contribution in [0.1, 0.15) is 24.2 Å². The van der Waals surface area contributed by atoms with Crippen LogP contribution < -0.4 is 10.6 Å². The van der Waals surface area contributed by atoms with Gasteiger partial charge in [-0.3, -0.25) is 10.1 Å². The first-order valence-corrected chi connectivity index (χ1v) is 8.56. The molecule has 0 aromatic heterocycles. The predicted octanol–water partition coefficient (Wildman–Crippen LogP) is 1.07. The Hall–Kier alpha value is -2.56. The van der Waals surface area contributed by atoms with E-state index in [0.29, 0.717) is 6.54 Å². The lowest BCUT2D eigenvalue weighted by Gasteiger charge is -2.13. The number of benzene rings is 1. The van der Waals surface area contributed by atoms with Crippen molar-refractivity contribution in [3.05, 3.63) is 29.8 Å². The molecule has 0 unspecified atom stereocenters. The van der Waals surface area contributed by atoms with Gasteiger partial charge in [0.05, 0.1) is 10.5 Å². The highest BCUT2D eigenvalue weighted by molar-refractivity contribution is 7.91. The summed E-state index contributed by atoms with van der Waals surface area (Å²) in [5.41, 5.74) is -0.147. The minimum atomic E-state index is -4.77. The molecule has 0 spiro atoms. The average Bonchev–Trinajstić information content (AvgIpc) is 2.54. The van der Waals surface area contributed by atoms with E-state index in [-0.39, 0.29) is 5.56 Å². The molecule has 0 aliphatic heterocycles. The fourth-order valence-corrected chi connectivity index (χ4v) is 2.31. The van der Waals surface area contributed by atoms with Gasteiger partial charge in [0.1, 0.15) is 0 Å². The maximum atomic E-state index is 12.4. The molecule has 0 radical (unpaired) electrons. The Bertz CT molecular complexity index is 749. The first-order valence-electron chi connectivity index (χ1n) is 7.01. The van der Waals surface area contributed by atoms with E-state index >= 15 is 0 Å². The molecule has 3 amide bonds. The van der Waals surface area contributed by atoms with Crippen LogP contribution in [0, 0.1) is 0 Å². The van der Waals surface area contributed by atoms with Gasteiger partial charge in [-0.1, -0.05) is 0 Å². The molecule has 25 heavy (non-hydrogen) atoms. The van der Waals surface area contributed by atoms with Crippen molar-refractivity contribution in [3.8, 4) is 0 Å². The quantitative estimate of drug-likeness (QED) is 0.715. The third kappa shape index (κ3) is 5.48. The van der Waals surface area contributed by atoms with Crippen LogP contribution in [-0.4, -0.2) is 44.7 Å². The summed E-state index contributed by atoms with van der Waals surface area (Å²) in [5.74, 6) is -5.43. The summed E-state index contributed by atoms with van der Waals surface area (Å²) in [6.07, 6.45) is -1.31. The standard InChI is InChI=1S/C14H16F2N2O6S/c1-3-17-14(21)18-11(19)8(2)24-12(20)9-4-6-10(7-5-9)25(22,23)13(15)16/h4-8,13H,3H2,1-2H3,(H2,17,18,19,21)/t8-/m0/s1. The van der Waals surface area contributed by atoms with Gasteiger partial charge in [0.15, 0.2) is 6.10 Å². The Kier molecular flexibility index (Phi) is 6.97. The molecule has 1 aromatic carbocycles. The van der Waals surface area contributed by atoms with E-state index in [4.69, 9.17) is 4.74 Å². The highest BCUT2D eigenvalue weighted by atomic mass is 32.2. The Morgan fingerprint density at radius 1 is 1.16 bits per heavy atom. The van der Waals surface area contributed by atoms with Crippen molar-refractivity contribution in [2.45, 2.75) is 30.6 Å². The first kappa shape index (κ1) is 20.5. The fourth-order valence-electron chi connectivity index (χ4n) is 1.58. The van der Waals surface area contributed by atoms with Crippen molar-refractivity contribution in [2.75, 3.05) is 6.54 Å². The molecule has 2 N–H and O–H groups in total. The average molecular weight is 378 g/mol. The van der Waals surface area contributed by atoms with Crippen LogP contribution >= 0.6 is 0 Å². The summed E-state index contributed by atoms with van der Waals surface area (Å²) in [5, 5.41) is 4.27. The molecule has 0 saturated carbocycles. The lowest BCUT2D eigenvalue weighted by molar-refractivity contribution is -0.127. The van der Waals surface area contributed by atoms with E-state index in [2.05, 4.69) is 5.32 Å². The highest BCUT2D eigenvalue weighted by Crippen LogP contribution is 2.19. The molecule has 0 aliphatic carbocycles. The molecule has 1 atom stereocenters. The van der Waals surface area contributed by atoms with Crippen LogP contribution in [0.15, 0.2) is 29.2 Å². The number of urea groups is 1. The number of amides is 3. The second-order valence-corrected chi connectivity index (χ2v) is 6.64. The zero-order chi connectivity index (χ0) is 19.2. The van der Waals surface area contributed by atoms with Crippen molar-refractivity contribution < 1.29 is 36.3 Å². The summed E-state index contributed by atoms with van der Waals surface area (Å²) in [4.78, 5) is 34.1. The second kappa shape index (κ2) is 8.51. The number of sulfone groups is 1. The van der Waals surface area contributed by atoms with E-state index in [1.807, 2.05) is 5.32 Å². The van der Waals surface area contributed by atoms with E-state index < -0.39 is 44.5 Å². The molecule has 1 rings (SSSR count). The van der Waals surface area contributed by atoms with E-state index in [1.165, 1.54) is 6.92 Å². The Morgan fingerprint density at radius 2 is 1.72 bits per heavy atom. The molecule has 138 valence electrons. The number of alkyl halides is 2. The maximum Gasteiger partial charge on any atom is 0.341 e. The summed E-state index contributed by atoms with van der Waals surface area (Å²) >= 11 is 0. The highest BCUT2D eigenvalue weighted by Gasteiger charge is 2.27. The molecule has 1 aromatic rings. The second-order valence-electron chi connectivity index (χ2n) is 4.73. The summed E-state index contributed by atoms with van der Waals surface area (Å²) in [6.45, 7) is 3.16. The van der Waals surface area contributed by atoms with Gasteiger partial charge in [-0.05, 0) is 38.1 Å².